The van der Waals surface area contributed by atoms with Crippen molar-refractivity contribution in [2.75, 3.05) is 0 Å². The molecule has 1 heterocycles. The molecule has 0 aromatic heterocycles. The third-order valence-corrected chi connectivity index (χ3v) is 4.35. The molecule has 2 rings (SSSR count). The second kappa shape index (κ2) is 4.59. The molecule has 2 unspecified atom stereocenters. The number of rotatable bonds is 1. The molecule has 1 aliphatic heterocycles. The molecule has 2 aliphatic rings. The molecule has 1 nitrogen and oxygen atoms in total. The van der Waals surface area contributed by atoms with Crippen LogP contribution in [0.5, 0.6) is 0 Å². The normalized spacial score (nSPS) is 44.2. The Morgan fingerprint density at radius 3 is 2.12 bits per heavy atom. The van der Waals surface area contributed by atoms with Crippen LogP contribution in [0.2, 0.25) is 0 Å². The third-order valence-electron chi connectivity index (χ3n) is 4.35. The standard InChI is InChI=1S/C13H22F2O/c1-9-3-6-11(7-4-9)12-8-5-10(2)13(14,15)16-12/h9-12H,3-8H2,1-2H3. The Bertz CT molecular complexity index is 234. The first kappa shape index (κ1) is 12.3. The predicted molar refractivity (Wildman–Crippen MR) is 59.3 cm³/mol. The minimum atomic E-state index is -2.90. The van der Waals surface area contributed by atoms with Crippen molar-refractivity contribution in [1.82, 2.24) is 0 Å². The maximum atomic E-state index is 13.5. The van der Waals surface area contributed by atoms with E-state index in [2.05, 4.69) is 6.92 Å². The summed E-state index contributed by atoms with van der Waals surface area (Å²) in [7, 11) is 0. The zero-order chi connectivity index (χ0) is 11.8. The molecule has 2 fully saturated rings. The largest absolute Gasteiger partial charge is 0.358 e. The summed E-state index contributed by atoms with van der Waals surface area (Å²) in [5.74, 6) is 0.514. The number of hydrogen-bond donors (Lipinski definition) is 0. The summed E-state index contributed by atoms with van der Waals surface area (Å²) in [5, 5.41) is 0. The summed E-state index contributed by atoms with van der Waals surface area (Å²) in [6, 6.07) is 0. The van der Waals surface area contributed by atoms with Gasteiger partial charge in [0.25, 0.3) is 0 Å². The molecule has 0 spiro atoms. The van der Waals surface area contributed by atoms with Crippen molar-refractivity contribution in [3.63, 3.8) is 0 Å². The second-order valence-electron chi connectivity index (χ2n) is 5.72. The third kappa shape index (κ3) is 2.55. The van der Waals surface area contributed by atoms with Gasteiger partial charge in [-0.05, 0) is 37.5 Å². The second-order valence-corrected chi connectivity index (χ2v) is 5.72. The van der Waals surface area contributed by atoms with Crippen LogP contribution in [0.1, 0.15) is 52.4 Å². The molecule has 3 heteroatoms. The van der Waals surface area contributed by atoms with Crippen molar-refractivity contribution in [1.29, 1.82) is 0 Å². The topological polar surface area (TPSA) is 9.23 Å². The zero-order valence-corrected chi connectivity index (χ0v) is 10.2. The van der Waals surface area contributed by atoms with Crippen LogP contribution in [0.15, 0.2) is 0 Å². The average Bonchev–Trinajstić information content (AvgIpc) is 2.23. The highest BCUT2D eigenvalue weighted by molar-refractivity contribution is 4.83. The first-order chi connectivity index (χ1) is 7.49. The fourth-order valence-electron chi connectivity index (χ4n) is 2.95. The van der Waals surface area contributed by atoms with Gasteiger partial charge in [0.05, 0.1) is 6.10 Å². The van der Waals surface area contributed by atoms with Crippen LogP contribution in [0.4, 0.5) is 8.78 Å². The van der Waals surface area contributed by atoms with Crippen LogP contribution >= 0.6 is 0 Å². The van der Waals surface area contributed by atoms with Crippen LogP contribution in [-0.4, -0.2) is 12.2 Å². The van der Waals surface area contributed by atoms with E-state index in [0.29, 0.717) is 12.3 Å². The van der Waals surface area contributed by atoms with Crippen molar-refractivity contribution in [3.05, 3.63) is 0 Å². The quantitative estimate of drug-likeness (QED) is 0.657. The predicted octanol–water partition coefficient (Wildman–Crippen LogP) is 4.22. The molecule has 0 N–H and O–H groups in total. The van der Waals surface area contributed by atoms with Gasteiger partial charge in [-0.25, -0.2) is 0 Å². The Balaban J connectivity index is 1.91. The number of hydrogen-bond acceptors (Lipinski definition) is 1. The van der Waals surface area contributed by atoms with Crippen LogP contribution in [-0.2, 0) is 4.74 Å². The minimum absolute atomic E-state index is 0.196. The van der Waals surface area contributed by atoms with Gasteiger partial charge in [-0.1, -0.05) is 26.7 Å². The maximum absolute atomic E-state index is 13.5. The van der Waals surface area contributed by atoms with Gasteiger partial charge in [0.1, 0.15) is 0 Å². The maximum Gasteiger partial charge on any atom is 0.358 e. The van der Waals surface area contributed by atoms with E-state index in [9.17, 15) is 8.78 Å². The highest BCUT2D eigenvalue weighted by atomic mass is 19.3. The molecule has 0 amide bonds. The van der Waals surface area contributed by atoms with Gasteiger partial charge < -0.3 is 4.74 Å². The summed E-state index contributed by atoms with van der Waals surface area (Å²) in [4.78, 5) is 0. The lowest BCUT2D eigenvalue weighted by atomic mass is 9.78. The summed E-state index contributed by atoms with van der Waals surface area (Å²) in [6.07, 6.45) is 2.80. The van der Waals surface area contributed by atoms with E-state index < -0.39 is 12.0 Å². The number of ether oxygens (including phenoxy) is 1. The monoisotopic (exact) mass is 232 g/mol. The molecular weight excluding hydrogens is 210 g/mol. The van der Waals surface area contributed by atoms with Gasteiger partial charge in [-0.3, -0.25) is 0 Å². The van der Waals surface area contributed by atoms with E-state index in [4.69, 9.17) is 4.74 Å². The fraction of sp³-hybridized carbons (Fsp3) is 1.00. The van der Waals surface area contributed by atoms with Crippen molar-refractivity contribution >= 4 is 0 Å². The number of halogens is 2. The lowest BCUT2D eigenvalue weighted by Crippen LogP contribution is -2.43. The Morgan fingerprint density at radius 1 is 0.938 bits per heavy atom. The lowest BCUT2D eigenvalue weighted by molar-refractivity contribution is -0.319. The zero-order valence-electron chi connectivity index (χ0n) is 10.2. The molecule has 0 bridgehead atoms. The molecule has 16 heavy (non-hydrogen) atoms. The van der Waals surface area contributed by atoms with Crippen LogP contribution in [0.25, 0.3) is 0 Å². The van der Waals surface area contributed by atoms with Crippen molar-refractivity contribution in [2.24, 2.45) is 17.8 Å². The van der Waals surface area contributed by atoms with Gasteiger partial charge in [0.2, 0.25) is 0 Å². The van der Waals surface area contributed by atoms with Gasteiger partial charge in [-0.2, -0.15) is 8.78 Å². The SMILES string of the molecule is CC1CCC(C2CCC(C)C(F)(F)O2)CC1. The van der Waals surface area contributed by atoms with E-state index in [-0.39, 0.29) is 6.10 Å². The number of alkyl halides is 2. The van der Waals surface area contributed by atoms with E-state index in [0.717, 1.165) is 25.2 Å². The molecule has 2 atom stereocenters. The van der Waals surface area contributed by atoms with Gasteiger partial charge in [-0.15, -0.1) is 0 Å². The summed E-state index contributed by atoms with van der Waals surface area (Å²) in [6.45, 7) is 3.83. The van der Waals surface area contributed by atoms with Crippen molar-refractivity contribution < 1.29 is 13.5 Å². The van der Waals surface area contributed by atoms with Crippen LogP contribution in [0.3, 0.4) is 0 Å². The fourth-order valence-corrected chi connectivity index (χ4v) is 2.95. The van der Waals surface area contributed by atoms with Crippen LogP contribution in [0, 0.1) is 17.8 Å². The molecule has 0 aromatic rings. The van der Waals surface area contributed by atoms with Gasteiger partial charge >= 0.3 is 6.11 Å². The highest BCUT2D eigenvalue weighted by Crippen LogP contribution is 2.42. The van der Waals surface area contributed by atoms with Crippen molar-refractivity contribution in [2.45, 2.75) is 64.6 Å². The Kier molecular flexibility index (Phi) is 3.53. The summed E-state index contributed by atoms with van der Waals surface area (Å²) in [5.41, 5.74) is 0. The lowest BCUT2D eigenvalue weighted by Gasteiger charge is -2.40. The minimum Gasteiger partial charge on any atom is -0.317 e. The van der Waals surface area contributed by atoms with Crippen LogP contribution < -0.4 is 0 Å². The van der Waals surface area contributed by atoms with E-state index in [1.165, 1.54) is 12.8 Å². The molecule has 94 valence electrons. The Labute approximate surface area is 96.6 Å². The smallest absolute Gasteiger partial charge is 0.317 e. The average molecular weight is 232 g/mol. The highest BCUT2D eigenvalue weighted by Gasteiger charge is 2.46. The molecule has 0 aromatic carbocycles. The molecule has 1 aliphatic carbocycles. The molecule has 0 radical (unpaired) electrons. The molecule has 1 saturated carbocycles. The Hall–Kier alpha value is -0.180. The molecule has 1 saturated heterocycles. The van der Waals surface area contributed by atoms with Gasteiger partial charge in [0.15, 0.2) is 0 Å². The van der Waals surface area contributed by atoms with E-state index >= 15 is 0 Å². The summed E-state index contributed by atoms with van der Waals surface area (Å²) < 4.78 is 31.9. The molecular formula is C13H22F2O. The first-order valence-corrected chi connectivity index (χ1v) is 6.54. The first-order valence-electron chi connectivity index (χ1n) is 6.54. The van der Waals surface area contributed by atoms with E-state index in [1.807, 2.05) is 0 Å². The van der Waals surface area contributed by atoms with Gasteiger partial charge in [0, 0.05) is 5.92 Å². The van der Waals surface area contributed by atoms with Crippen molar-refractivity contribution in [3.8, 4) is 0 Å². The summed E-state index contributed by atoms with van der Waals surface area (Å²) >= 11 is 0. The van der Waals surface area contributed by atoms with E-state index in [1.54, 1.807) is 6.92 Å². The Morgan fingerprint density at radius 2 is 1.56 bits per heavy atom.